The molecule has 0 saturated carbocycles. The molecule has 2 aliphatic heterocycles. The van der Waals surface area contributed by atoms with Gasteiger partial charge in [-0.1, -0.05) is 28.9 Å². The van der Waals surface area contributed by atoms with Gasteiger partial charge in [0.2, 0.25) is 0 Å². The zero-order valence-electron chi connectivity index (χ0n) is 16.8. The second kappa shape index (κ2) is 10.4. The Morgan fingerprint density at radius 2 is 1.97 bits per heavy atom. The summed E-state index contributed by atoms with van der Waals surface area (Å²) in [4.78, 5) is 11.5. The first-order valence-corrected chi connectivity index (χ1v) is 10.4. The molecule has 0 radical (unpaired) electrons. The van der Waals surface area contributed by atoms with E-state index in [1.54, 1.807) is 0 Å². The molecule has 4 rings (SSSR count). The number of hydrogen-bond donors (Lipinski definition) is 1. The number of likely N-dealkylation sites (tertiary alicyclic amines) is 1. The smallest absolute Gasteiger partial charge is 0.475 e. The average Bonchev–Trinajstić information content (AvgIpc) is 3.40. The Morgan fingerprint density at radius 1 is 1.26 bits per heavy atom. The number of rotatable bonds is 4. The minimum atomic E-state index is -5.08. The number of alkyl halides is 3. The van der Waals surface area contributed by atoms with Gasteiger partial charge in [-0.25, -0.2) is 9.48 Å². The molecule has 170 valence electrons. The number of hydrogen-bond acceptors (Lipinski definition) is 5. The van der Waals surface area contributed by atoms with Crippen LogP contribution in [0.1, 0.15) is 25.3 Å². The molecular formula is C20H24ClF3N4O3. The third-order valence-corrected chi connectivity index (χ3v) is 5.58. The van der Waals surface area contributed by atoms with E-state index >= 15 is 0 Å². The van der Waals surface area contributed by atoms with Gasteiger partial charge in [0, 0.05) is 36.8 Å². The van der Waals surface area contributed by atoms with E-state index in [9.17, 15) is 13.2 Å². The molecule has 0 bridgehead atoms. The maximum Gasteiger partial charge on any atom is 0.490 e. The van der Waals surface area contributed by atoms with Gasteiger partial charge in [-0.3, -0.25) is 0 Å². The minimum Gasteiger partial charge on any atom is -0.475 e. The predicted molar refractivity (Wildman–Crippen MR) is 108 cm³/mol. The molecule has 31 heavy (non-hydrogen) atoms. The van der Waals surface area contributed by atoms with Gasteiger partial charge in [0.25, 0.3) is 0 Å². The van der Waals surface area contributed by atoms with Crippen molar-refractivity contribution >= 4 is 17.6 Å². The fraction of sp³-hybridized carbons (Fsp3) is 0.550. The summed E-state index contributed by atoms with van der Waals surface area (Å²) in [5.74, 6) is -2.03. The Balaban J connectivity index is 0.000000339. The van der Waals surface area contributed by atoms with Crippen molar-refractivity contribution in [1.29, 1.82) is 0 Å². The van der Waals surface area contributed by atoms with Crippen molar-refractivity contribution in [3.8, 4) is 11.3 Å². The third-order valence-electron chi connectivity index (χ3n) is 5.34. The number of aliphatic carboxylic acids is 1. The maximum absolute atomic E-state index is 10.6. The van der Waals surface area contributed by atoms with Crippen molar-refractivity contribution in [1.82, 2.24) is 19.9 Å². The van der Waals surface area contributed by atoms with E-state index in [1.165, 1.54) is 13.0 Å². The lowest BCUT2D eigenvalue weighted by molar-refractivity contribution is -0.192. The maximum atomic E-state index is 10.6. The Kier molecular flexibility index (Phi) is 7.90. The van der Waals surface area contributed by atoms with Crippen molar-refractivity contribution < 1.29 is 27.8 Å². The molecule has 1 unspecified atom stereocenters. The zero-order chi connectivity index (χ0) is 22.4. The molecule has 1 atom stereocenters. The van der Waals surface area contributed by atoms with Crippen LogP contribution in [0.15, 0.2) is 30.5 Å². The van der Waals surface area contributed by atoms with Crippen molar-refractivity contribution in [2.45, 2.75) is 31.5 Å². The van der Waals surface area contributed by atoms with Crippen LogP contribution in [0.4, 0.5) is 13.2 Å². The molecule has 2 aliphatic rings. The Hall–Kier alpha value is -2.17. The SMILES string of the molecule is Clc1cccc(-c2cn(C3CCN(CC4CCOC4)CC3)nn2)c1.O=C(O)C(F)(F)F. The quantitative estimate of drug-likeness (QED) is 0.745. The zero-order valence-corrected chi connectivity index (χ0v) is 17.5. The summed E-state index contributed by atoms with van der Waals surface area (Å²) < 4.78 is 39.3. The van der Waals surface area contributed by atoms with Gasteiger partial charge in [0.15, 0.2) is 0 Å². The number of carboxylic acid groups (broad SMARTS) is 1. The highest BCUT2D eigenvalue weighted by atomic mass is 35.5. The van der Waals surface area contributed by atoms with E-state index in [2.05, 4.69) is 21.4 Å². The van der Waals surface area contributed by atoms with Crippen LogP contribution in [-0.4, -0.2) is 70.0 Å². The summed E-state index contributed by atoms with van der Waals surface area (Å²) in [5, 5.41) is 16.5. The molecule has 0 amide bonds. The summed E-state index contributed by atoms with van der Waals surface area (Å²) in [7, 11) is 0. The van der Waals surface area contributed by atoms with E-state index < -0.39 is 12.1 Å². The van der Waals surface area contributed by atoms with E-state index in [4.69, 9.17) is 26.2 Å². The monoisotopic (exact) mass is 460 g/mol. The first-order valence-electron chi connectivity index (χ1n) is 10.0. The Bertz CT molecular complexity index is 863. The molecule has 3 heterocycles. The molecule has 2 fully saturated rings. The van der Waals surface area contributed by atoms with Crippen LogP contribution in [0.2, 0.25) is 5.02 Å². The Morgan fingerprint density at radius 3 is 2.55 bits per heavy atom. The molecular weight excluding hydrogens is 437 g/mol. The summed E-state index contributed by atoms with van der Waals surface area (Å²) in [6.07, 6.45) is 0.445. The predicted octanol–water partition coefficient (Wildman–Crippen LogP) is 3.91. The molecule has 7 nitrogen and oxygen atoms in total. The molecule has 1 aromatic carbocycles. The van der Waals surface area contributed by atoms with Crippen LogP contribution >= 0.6 is 11.6 Å². The molecule has 0 spiro atoms. The molecule has 0 aliphatic carbocycles. The summed E-state index contributed by atoms with van der Waals surface area (Å²) >= 11 is 6.07. The highest BCUT2D eigenvalue weighted by Gasteiger charge is 2.38. The number of halogens is 4. The van der Waals surface area contributed by atoms with Crippen molar-refractivity contribution in [3.63, 3.8) is 0 Å². The number of carbonyl (C=O) groups is 1. The van der Waals surface area contributed by atoms with E-state index in [1.807, 2.05) is 28.9 Å². The van der Waals surface area contributed by atoms with Gasteiger partial charge in [-0.15, -0.1) is 5.10 Å². The molecule has 1 aromatic heterocycles. The number of aromatic nitrogens is 3. The highest BCUT2D eigenvalue weighted by Crippen LogP contribution is 2.26. The number of carboxylic acids is 1. The van der Waals surface area contributed by atoms with Gasteiger partial charge >= 0.3 is 12.1 Å². The van der Waals surface area contributed by atoms with Crippen LogP contribution in [-0.2, 0) is 9.53 Å². The van der Waals surface area contributed by atoms with E-state index in [0.717, 1.165) is 61.3 Å². The number of benzene rings is 1. The highest BCUT2D eigenvalue weighted by molar-refractivity contribution is 6.30. The number of ether oxygens (including phenoxy) is 1. The van der Waals surface area contributed by atoms with Gasteiger partial charge in [0.1, 0.15) is 5.69 Å². The normalized spacial score (nSPS) is 20.3. The lowest BCUT2D eigenvalue weighted by Gasteiger charge is -2.33. The average molecular weight is 461 g/mol. The largest absolute Gasteiger partial charge is 0.490 e. The van der Waals surface area contributed by atoms with Gasteiger partial charge in [0.05, 0.1) is 18.8 Å². The molecule has 2 saturated heterocycles. The summed E-state index contributed by atoms with van der Waals surface area (Å²) in [5.41, 5.74) is 1.91. The third kappa shape index (κ3) is 6.91. The molecule has 11 heteroatoms. The lowest BCUT2D eigenvalue weighted by Crippen LogP contribution is -2.38. The van der Waals surface area contributed by atoms with Gasteiger partial charge in [-0.05, 0) is 37.3 Å². The van der Waals surface area contributed by atoms with Crippen LogP contribution in [0.3, 0.4) is 0 Å². The number of nitrogens with zero attached hydrogens (tertiary/aromatic N) is 4. The van der Waals surface area contributed by atoms with Gasteiger partial charge < -0.3 is 14.7 Å². The fourth-order valence-corrected chi connectivity index (χ4v) is 3.88. The second-order valence-electron chi connectivity index (χ2n) is 7.66. The van der Waals surface area contributed by atoms with Crippen LogP contribution < -0.4 is 0 Å². The van der Waals surface area contributed by atoms with E-state index in [-0.39, 0.29) is 0 Å². The van der Waals surface area contributed by atoms with Crippen molar-refractivity contribution in [3.05, 3.63) is 35.5 Å². The summed E-state index contributed by atoms with van der Waals surface area (Å²) in [6.45, 7) is 5.32. The number of piperidine rings is 1. The first kappa shape index (κ1) is 23.5. The Labute approximate surface area is 182 Å². The van der Waals surface area contributed by atoms with Gasteiger partial charge in [-0.2, -0.15) is 13.2 Å². The molecule has 1 N–H and O–H groups in total. The van der Waals surface area contributed by atoms with Crippen LogP contribution in [0.25, 0.3) is 11.3 Å². The fourth-order valence-electron chi connectivity index (χ4n) is 3.69. The summed E-state index contributed by atoms with van der Waals surface area (Å²) in [6, 6.07) is 8.22. The standard InChI is InChI=1S/C18H23ClN4O.C2HF3O2/c19-16-3-1-2-15(10-16)18-12-23(21-20-18)17-4-7-22(8-5-17)11-14-6-9-24-13-14;3-2(4,5)1(6)7/h1-3,10,12,14,17H,4-9,11,13H2;(H,6,7). The van der Waals surface area contributed by atoms with Crippen LogP contribution in [0.5, 0.6) is 0 Å². The lowest BCUT2D eigenvalue weighted by atomic mass is 10.0. The minimum absolute atomic E-state index is 0.446. The van der Waals surface area contributed by atoms with Crippen molar-refractivity contribution in [2.24, 2.45) is 5.92 Å². The second-order valence-corrected chi connectivity index (χ2v) is 8.09. The molecule has 2 aromatic rings. The van der Waals surface area contributed by atoms with Crippen molar-refractivity contribution in [2.75, 3.05) is 32.8 Å². The first-order chi connectivity index (χ1) is 14.7. The van der Waals surface area contributed by atoms with Crippen LogP contribution in [0, 0.1) is 5.92 Å². The topological polar surface area (TPSA) is 80.5 Å². The van der Waals surface area contributed by atoms with E-state index in [0.29, 0.717) is 6.04 Å².